The summed E-state index contributed by atoms with van der Waals surface area (Å²) in [5.74, 6) is 0.659. The van der Waals surface area contributed by atoms with Gasteiger partial charge in [0.1, 0.15) is 11.4 Å². The number of fused-ring (bicyclic) bond motifs is 1. The van der Waals surface area contributed by atoms with Gasteiger partial charge in [0.05, 0.1) is 5.70 Å². The molecule has 2 aromatic rings. The molecule has 0 fully saturated rings. The van der Waals surface area contributed by atoms with Crippen LogP contribution in [0.2, 0.25) is 0 Å². The first-order valence-corrected chi connectivity index (χ1v) is 7.55. The fourth-order valence-corrected chi connectivity index (χ4v) is 2.78. The van der Waals surface area contributed by atoms with E-state index < -0.39 is 5.60 Å². The third-order valence-corrected chi connectivity index (χ3v) is 4.33. The molecule has 0 spiro atoms. The molecule has 23 heavy (non-hydrogen) atoms. The second-order valence-corrected chi connectivity index (χ2v) is 6.26. The van der Waals surface area contributed by atoms with E-state index in [9.17, 15) is 9.59 Å². The number of rotatable bonds is 2. The lowest BCUT2D eigenvalue weighted by molar-refractivity contribution is 0.101. The van der Waals surface area contributed by atoms with E-state index in [2.05, 4.69) is 0 Å². The number of benzene rings is 1. The van der Waals surface area contributed by atoms with Gasteiger partial charge >= 0.3 is 0 Å². The first kappa shape index (κ1) is 15.3. The Hall–Kier alpha value is -2.62. The fourth-order valence-electron chi connectivity index (χ4n) is 2.78. The highest BCUT2D eigenvalue weighted by molar-refractivity contribution is 5.95. The van der Waals surface area contributed by atoms with Gasteiger partial charge < -0.3 is 4.74 Å². The minimum absolute atomic E-state index is 0.0185. The molecule has 118 valence electrons. The largest absolute Gasteiger partial charge is 0.483 e. The van der Waals surface area contributed by atoms with Crippen molar-refractivity contribution in [1.82, 2.24) is 4.57 Å². The molecule has 0 atom stereocenters. The number of pyridine rings is 1. The molecule has 3 rings (SSSR count). The van der Waals surface area contributed by atoms with E-state index in [0.29, 0.717) is 11.3 Å². The van der Waals surface area contributed by atoms with Gasteiger partial charge in [0.2, 0.25) is 0 Å². The maximum atomic E-state index is 12.3. The molecule has 0 N–H and O–H groups in total. The molecule has 1 aromatic heterocycles. The maximum Gasteiger partial charge on any atom is 0.255 e. The van der Waals surface area contributed by atoms with Gasteiger partial charge in [-0.15, -0.1) is 0 Å². The number of nitrogens with zero attached hydrogens (tertiary/aromatic N) is 1. The molecule has 2 heterocycles. The van der Waals surface area contributed by atoms with Gasteiger partial charge in [-0.05, 0) is 57.5 Å². The quantitative estimate of drug-likeness (QED) is 0.798. The predicted molar refractivity (Wildman–Crippen MR) is 89.8 cm³/mol. The molecule has 0 radical (unpaired) electrons. The third kappa shape index (κ3) is 2.50. The summed E-state index contributed by atoms with van der Waals surface area (Å²) in [6, 6.07) is 10.4. The second kappa shape index (κ2) is 5.23. The van der Waals surface area contributed by atoms with Crippen LogP contribution in [0.1, 0.15) is 43.6 Å². The number of hydrogen-bond acceptors (Lipinski definition) is 3. The lowest BCUT2D eigenvalue weighted by Gasteiger charge is -2.36. The highest BCUT2D eigenvalue weighted by atomic mass is 16.5. The number of ketones is 1. The highest BCUT2D eigenvalue weighted by Crippen LogP contribution is 2.41. The van der Waals surface area contributed by atoms with Crippen molar-refractivity contribution in [2.45, 2.75) is 33.3 Å². The Kier molecular flexibility index (Phi) is 3.48. The minimum atomic E-state index is -0.532. The first-order valence-electron chi connectivity index (χ1n) is 7.55. The van der Waals surface area contributed by atoms with E-state index in [4.69, 9.17) is 4.74 Å². The van der Waals surface area contributed by atoms with Crippen LogP contribution in [0.15, 0.2) is 53.0 Å². The molecule has 1 aliphatic rings. The second-order valence-electron chi connectivity index (χ2n) is 6.26. The van der Waals surface area contributed by atoms with E-state index >= 15 is 0 Å². The van der Waals surface area contributed by atoms with E-state index in [1.54, 1.807) is 35.0 Å². The number of hydrogen-bond donors (Lipinski definition) is 0. The zero-order valence-corrected chi connectivity index (χ0v) is 13.7. The Morgan fingerprint density at radius 2 is 1.91 bits per heavy atom. The number of carbonyl (C=O) groups is 1. The zero-order chi connectivity index (χ0) is 16.8. The van der Waals surface area contributed by atoms with Crippen molar-refractivity contribution in [2.24, 2.45) is 0 Å². The van der Waals surface area contributed by atoms with Crippen molar-refractivity contribution >= 4 is 11.5 Å². The SMILES string of the molecule is CC(=O)c1ccc2c(c1)C(n1ccccc1=O)=C(C)C(C)(C)O2. The van der Waals surface area contributed by atoms with Gasteiger partial charge in [-0.1, -0.05) is 6.07 Å². The smallest absolute Gasteiger partial charge is 0.255 e. The Labute approximate surface area is 135 Å². The van der Waals surface area contributed by atoms with Crippen LogP contribution in [-0.4, -0.2) is 16.0 Å². The average Bonchev–Trinajstić information content (AvgIpc) is 2.49. The van der Waals surface area contributed by atoms with Crippen LogP contribution in [0.3, 0.4) is 0 Å². The standard InChI is InChI=1S/C19H19NO3/c1-12-18(20-10-6-5-7-17(20)22)15-11-14(13(2)21)8-9-16(15)23-19(12,3)4/h5-11H,1-4H3. The molecule has 0 bridgehead atoms. The summed E-state index contributed by atoms with van der Waals surface area (Å²) in [5.41, 5.74) is 2.45. The topological polar surface area (TPSA) is 48.3 Å². The summed E-state index contributed by atoms with van der Waals surface area (Å²) in [6.45, 7) is 7.43. The van der Waals surface area contributed by atoms with E-state index in [1.807, 2.05) is 26.8 Å². The summed E-state index contributed by atoms with van der Waals surface area (Å²) >= 11 is 0. The third-order valence-electron chi connectivity index (χ3n) is 4.33. The summed E-state index contributed by atoms with van der Waals surface area (Å²) in [4.78, 5) is 24.0. The number of carbonyl (C=O) groups excluding carboxylic acids is 1. The summed E-state index contributed by atoms with van der Waals surface area (Å²) < 4.78 is 7.69. The van der Waals surface area contributed by atoms with E-state index in [0.717, 1.165) is 16.8 Å². The molecule has 0 saturated heterocycles. The average molecular weight is 309 g/mol. The minimum Gasteiger partial charge on any atom is -0.483 e. The Balaban J connectivity index is 2.35. The molecule has 0 aliphatic carbocycles. The molecule has 0 amide bonds. The molecule has 4 nitrogen and oxygen atoms in total. The Morgan fingerprint density at radius 3 is 2.57 bits per heavy atom. The summed E-state index contributed by atoms with van der Waals surface area (Å²) in [5, 5.41) is 0. The molecule has 1 aliphatic heterocycles. The fraction of sp³-hybridized carbons (Fsp3) is 0.263. The van der Waals surface area contributed by atoms with Crippen LogP contribution < -0.4 is 10.3 Å². The Morgan fingerprint density at radius 1 is 1.17 bits per heavy atom. The lowest BCUT2D eigenvalue weighted by Crippen LogP contribution is -2.36. The van der Waals surface area contributed by atoms with Crippen molar-refractivity contribution in [3.8, 4) is 5.75 Å². The summed E-state index contributed by atoms with van der Waals surface area (Å²) in [6.07, 6.45) is 1.74. The van der Waals surface area contributed by atoms with Crippen molar-refractivity contribution < 1.29 is 9.53 Å². The van der Waals surface area contributed by atoms with E-state index in [-0.39, 0.29) is 11.3 Å². The zero-order valence-electron chi connectivity index (χ0n) is 13.7. The normalized spacial score (nSPS) is 15.8. The van der Waals surface area contributed by atoms with Crippen LogP contribution in [0, 0.1) is 0 Å². The molecule has 0 saturated carbocycles. The number of Topliss-reactive ketones (excluding diaryl/α,β-unsaturated/α-hetero) is 1. The first-order chi connectivity index (χ1) is 10.8. The van der Waals surface area contributed by atoms with Crippen LogP contribution in [0.25, 0.3) is 5.70 Å². The van der Waals surface area contributed by atoms with Gasteiger partial charge in [0.25, 0.3) is 5.56 Å². The van der Waals surface area contributed by atoms with E-state index in [1.165, 1.54) is 13.0 Å². The molecule has 1 aromatic carbocycles. The van der Waals surface area contributed by atoms with Gasteiger partial charge in [-0.3, -0.25) is 14.2 Å². The van der Waals surface area contributed by atoms with Crippen LogP contribution in [-0.2, 0) is 0 Å². The maximum absolute atomic E-state index is 12.3. The van der Waals surface area contributed by atoms with Crippen LogP contribution >= 0.6 is 0 Å². The van der Waals surface area contributed by atoms with Crippen molar-refractivity contribution in [3.05, 3.63) is 69.6 Å². The van der Waals surface area contributed by atoms with Gasteiger partial charge in [-0.25, -0.2) is 0 Å². The number of aromatic nitrogens is 1. The van der Waals surface area contributed by atoms with Gasteiger partial charge in [0, 0.05) is 23.4 Å². The summed E-state index contributed by atoms with van der Waals surface area (Å²) in [7, 11) is 0. The molecule has 4 heteroatoms. The van der Waals surface area contributed by atoms with Crippen molar-refractivity contribution in [2.75, 3.05) is 0 Å². The van der Waals surface area contributed by atoms with Crippen molar-refractivity contribution in [3.63, 3.8) is 0 Å². The molecule has 0 unspecified atom stereocenters. The van der Waals surface area contributed by atoms with Crippen molar-refractivity contribution in [1.29, 1.82) is 0 Å². The molecular weight excluding hydrogens is 290 g/mol. The predicted octanol–water partition coefficient (Wildman–Crippen LogP) is 3.50. The van der Waals surface area contributed by atoms with Crippen LogP contribution in [0.5, 0.6) is 5.75 Å². The highest BCUT2D eigenvalue weighted by Gasteiger charge is 2.33. The lowest BCUT2D eigenvalue weighted by atomic mass is 9.89. The van der Waals surface area contributed by atoms with Gasteiger partial charge in [0.15, 0.2) is 5.78 Å². The monoisotopic (exact) mass is 309 g/mol. The number of ether oxygens (including phenoxy) is 1. The van der Waals surface area contributed by atoms with Gasteiger partial charge in [-0.2, -0.15) is 0 Å². The Bertz CT molecular complexity index is 887. The van der Waals surface area contributed by atoms with Crippen LogP contribution in [0.4, 0.5) is 0 Å². The molecular formula is C19H19NO3.